The number of likely N-dealkylation sites (tertiary alicyclic amines) is 1. The molecule has 1 unspecified atom stereocenters. The molecule has 0 aliphatic carbocycles. The van der Waals surface area contributed by atoms with Crippen LogP contribution in [0.3, 0.4) is 0 Å². The highest BCUT2D eigenvalue weighted by Gasteiger charge is 2.23. The van der Waals surface area contributed by atoms with Gasteiger partial charge in [0.2, 0.25) is 0 Å². The first-order valence-electron chi connectivity index (χ1n) is 6.82. The van der Waals surface area contributed by atoms with Crippen molar-refractivity contribution in [1.82, 2.24) is 10.2 Å². The van der Waals surface area contributed by atoms with Crippen LogP contribution in [0.1, 0.15) is 47.0 Å². The molecule has 2 heteroatoms. The third-order valence-electron chi connectivity index (χ3n) is 3.97. The molecule has 0 radical (unpaired) electrons. The lowest BCUT2D eigenvalue weighted by Crippen LogP contribution is -2.41. The molecule has 96 valence electrons. The van der Waals surface area contributed by atoms with Gasteiger partial charge in [0, 0.05) is 6.04 Å². The first-order valence-corrected chi connectivity index (χ1v) is 6.82. The van der Waals surface area contributed by atoms with E-state index in [0.717, 1.165) is 5.92 Å². The van der Waals surface area contributed by atoms with Gasteiger partial charge >= 0.3 is 0 Å². The zero-order chi connectivity index (χ0) is 12.2. The Morgan fingerprint density at radius 2 is 1.81 bits per heavy atom. The minimum Gasteiger partial charge on any atom is -0.317 e. The summed E-state index contributed by atoms with van der Waals surface area (Å²) in [4.78, 5) is 2.64. The average molecular weight is 226 g/mol. The van der Waals surface area contributed by atoms with Gasteiger partial charge in [-0.2, -0.15) is 0 Å². The predicted molar refractivity (Wildman–Crippen MR) is 71.8 cm³/mol. The lowest BCUT2D eigenvalue weighted by molar-refractivity contribution is 0.148. The second kappa shape index (κ2) is 6.02. The Morgan fingerprint density at radius 1 is 1.25 bits per heavy atom. The van der Waals surface area contributed by atoms with E-state index in [9.17, 15) is 0 Å². The summed E-state index contributed by atoms with van der Waals surface area (Å²) in [7, 11) is 2.08. The molecule has 2 nitrogen and oxygen atoms in total. The van der Waals surface area contributed by atoms with Gasteiger partial charge in [-0.1, -0.05) is 20.8 Å². The quantitative estimate of drug-likeness (QED) is 0.793. The smallest absolute Gasteiger partial charge is 0.00649 e. The molecule has 16 heavy (non-hydrogen) atoms. The summed E-state index contributed by atoms with van der Waals surface area (Å²) in [5.74, 6) is 0.885. The SMILES string of the molecule is CNC(C)C1CCN(CCC(C)(C)C)CC1. The van der Waals surface area contributed by atoms with Crippen molar-refractivity contribution >= 4 is 0 Å². The van der Waals surface area contributed by atoms with Gasteiger partial charge in [-0.15, -0.1) is 0 Å². The number of rotatable bonds is 4. The van der Waals surface area contributed by atoms with E-state index in [0.29, 0.717) is 11.5 Å². The summed E-state index contributed by atoms with van der Waals surface area (Å²) in [6, 6.07) is 0.685. The highest BCUT2D eigenvalue weighted by Crippen LogP contribution is 2.23. The molecule has 1 aliphatic rings. The first kappa shape index (κ1) is 14.0. The van der Waals surface area contributed by atoms with Gasteiger partial charge in [0.05, 0.1) is 0 Å². The molecular weight excluding hydrogens is 196 g/mol. The van der Waals surface area contributed by atoms with Crippen LogP contribution >= 0.6 is 0 Å². The van der Waals surface area contributed by atoms with E-state index >= 15 is 0 Å². The molecule has 0 amide bonds. The third-order valence-corrected chi connectivity index (χ3v) is 3.97. The Balaban J connectivity index is 2.22. The normalized spacial score (nSPS) is 22.3. The summed E-state index contributed by atoms with van der Waals surface area (Å²) >= 11 is 0. The van der Waals surface area contributed by atoms with Gasteiger partial charge in [-0.3, -0.25) is 0 Å². The second-order valence-electron chi connectivity index (χ2n) is 6.57. The van der Waals surface area contributed by atoms with Crippen LogP contribution in [-0.4, -0.2) is 37.6 Å². The lowest BCUT2D eigenvalue weighted by Gasteiger charge is -2.36. The van der Waals surface area contributed by atoms with Crippen molar-refractivity contribution in [2.45, 2.75) is 53.0 Å². The summed E-state index contributed by atoms with van der Waals surface area (Å²) in [5.41, 5.74) is 0.481. The van der Waals surface area contributed by atoms with Crippen LogP contribution in [0.4, 0.5) is 0 Å². The van der Waals surface area contributed by atoms with E-state index in [-0.39, 0.29) is 0 Å². The van der Waals surface area contributed by atoms with Crippen molar-refractivity contribution in [3.63, 3.8) is 0 Å². The standard InChI is InChI=1S/C14H30N2/c1-12(15-5)13-6-9-16(10-7-13)11-8-14(2,3)4/h12-13,15H,6-11H2,1-5H3. The molecule has 1 saturated heterocycles. The average Bonchev–Trinajstić information content (AvgIpc) is 2.25. The summed E-state index contributed by atoms with van der Waals surface area (Å²) < 4.78 is 0. The monoisotopic (exact) mass is 226 g/mol. The van der Waals surface area contributed by atoms with Crippen molar-refractivity contribution in [3.05, 3.63) is 0 Å². The van der Waals surface area contributed by atoms with Gasteiger partial charge in [0.15, 0.2) is 0 Å². The van der Waals surface area contributed by atoms with Crippen LogP contribution in [0, 0.1) is 11.3 Å². The van der Waals surface area contributed by atoms with Crippen LogP contribution in [0.5, 0.6) is 0 Å². The van der Waals surface area contributed by atoms with Crippen LogP contribution in [0.25, 0.3) is 0 Å². The molecule has 1 N–H and O–H groups in total. The number of nitrogens with one attached hydrogen (secondary N) is 1. The van der Waals surface area contributed by atoms with Gasteiger partial charge in [-0.25, -0.2) is 0 Å². The van der Waals surface area contributed by atoms with E-state index < -0.39 is 0 Å². The highest BCUT2D eigenvalue weighted by atomic mass is 15.1. The Hall–Kier alpha value is -0.0800. The van der Waals surface area contributed by atoms with E-state index in [4.69, 9.17) is 0 Å². The molecule has 0 spiro atoms. The van der Waals surface area contributed by atoms with Crippen LogP contribution in [-0.2, 0) is 0 Å². The van der Waals surface area contributed by atoms with Gasteiger partial charge in [-0.05, 0) is 64.2 Å². The minimum atomic E-state index is 0.481. The van der Waals surface area contributed by atoms with E-state index in [2.05, 4.69) is 45.0 Å². The van der Waals surface area contributed by atoms with Crippen molar-refractivity contribution in [2.75, 3.05) is 26.7 Å². The van der Waals surface area contributed by atoms with Gasteiger partial charge in [0.1, 0.15) is 0 Å². The molecule has 1 heterocycles. The molecule has 0 aromatic carbocycles. The number of hydrogen-bond donors (Lipinski definition) is 1. The maximum atomic E-state index is 3.39. The number of hydrogen-bond acceptors (Lipinski definition) is 2. The maximum absolute atomic E-state index is 3.39. The van der Waals surface area contributed by atoms with Gasteiger partial charge < -0.3 is 10.2 Å². The van der Waals surface area contributed by atoms with Crippen LogP contribution in [0.15, 0.2) is 0 Å². The summed E-state index contributed by atoms with van der Waals surface area (Å²) in [6.45, 7) is 13.2. The van der Waals surface area contributed by atoms with E-state index in [1.165, 1.54) is 38.9 Å². The van der Waals surface area contributed by atoms with E-state index in [1.807, 2.05) is 0 Å². The Morgan fingerprint density at radius 3 is 2.25 bits per heavy atom. The van der Waals surface area contributed by atoms with Crippen molar-refractivity contribution in [2.24, 2.45) is 11.3 Å². The topological polar surface area (TPSA) is 15.3 Å². The Bertz CT molecular complexity index is 187. The fraction of sp³-hybridized carbons (Fsp3) is 1.00. The molecule has 0 bridgehead atoms. The van der Waals surface area contributed by atoms with Crippen molar-refractivity contribution < 1.29 is 0 Å². The molecule has 1 fully saturated rings. The Kier molecular flexibility index (Phi) is 5.26. The minimum absolute atomic E-state index is 0.481. The molecule has 0 aromatic heterocycles. The maximum Gasteiger partial charge on any atom is 0.00649 e. The first-order chi connectivity index (χ1) is 7.42. The van der Waals surface area contributed by atoms with Crippen molar-refractivity contribution in [3.8, 4) is 0 Å². The molecule has 1 atom stereocenters. The fourth-order valence-corrected chi connectivity index (χ4v) is 2.41. The second-order valence-corrected chi connectivity index (χ2v) is 6.57. The number of piperidine rings is 1. The molecular formula is C14H30N2. The lowest BCUT2D eigenvalue weighted by atomic mass is 9.88. The zero-order valence-electron chi connectivity index (χ0n) is 11.8. The molecule has 0 saturated carbocycles. The number of nitrogens with zero attached hydrogens (tertiary/aromatic N) is 1. The van der Waals surface area contributed by atoms with Crippen molar-refractivity contribution in [1.29, 1.82) is 0 Å². The third kappa shape index (κ3) is 4.84. The Labute approximate surface area is 102 Å². The van der Waals surface area contributed by atoms with Crippen LogP contribution < -0.4 is 5.32 Å². The predicted octanol–water partition coefficient (Wildman–Crippen LogP) is 2.74. The molecule has 1 aliphatic heterocycles. The van der Waals surface area contributed by atoms with Crippen LogP contribution in [0.2, 0.25) is 0 Å². The molecule has 1 rings (SSSR count). The summed E-state index contributed by atoms with van der Waals surface area (Å²) in [6.07, 6.45) is 4.05. The summed E-state index contributed by atoms with van der Waals surface area (Å²) in [5, 5.41) is 3.39. The zero-order valence-corrected chi connectivity index (χ0v) is 11.8. The largest absolute Gasteiger partial charge is 0.317 e. The fourth-order valence-electron chi connectivity index (χ4n) is 2.41. The molecule has 0 aromatic rings. The van der Waals surface area contributed by atoms with Gasteiger partial charge in [0.25, 0.3) is 0 Å². The van der Waals surface area contributed by atoms with E-state index in [1.54, 1.807) is 0 Å². The highest BCUT2D eigenvalue weighted by molar-refractivity contribution is 4.79.